The van der Waals surface area contributed by atoms with Gasteiger partial charge in [0.25, 0.3) is 0 Å². The van der Waals surface area contributed by atoms with Gasteiger partial charge in [-0.1, -0.05) is 0 Å². The van der Waals surface area contributed by atoms with Crippen molar-refractivity contribution in [3.8, 4) is 11.4 Å². The smallest absolute Gasteiger partial charge is 0.410 e. The average molecular weight is 480 g/mol. The number of ether oxygens (including phenoxy) is 2. The molecule has 1 atom stereocenters. The van der Waals surface area contributed by atoms with Crippen LogP contribution in [-0.4, -0.2) is 64.8 Å². The molecule has 2 aromatic rings. The fourth-order valence-corrected chi connectivity index (χ4v) is 4.82. The van der Waals surface area contributed by atoms with E-state index in [1.807, 2.05) is 32.9 Å². The van der Waals surface area contributed by atoms with Crippen LogP contribution < -0.4 is 10.2 Å². The molecule has 2 amide bonds. The summed E-state index contributed by atoms with van der Waals surface area (Å²) in [4.78, 5) is 38.6. The van der Waals surface area contributed by atoms with E-state index in [0.717, 1.165) is 40.4 Å². The maximum Gasteiger partial charge on any atom is 0.410 e. The highest BCUT2D eigenvalue weighted by Crippen LogP contribution is 2.33. The number of nitrogens with zero attached hydrogens (tertiary/aromatic N) is 4. The fourth-order valence-electron chi connectivity index (χ4n) is 4.82. The Bertz CT molecular complexity index is 1160. The normalized spacial score (nSPS) is 20.1. The molecule has 0 spiro atoms. The maximum atomic E-state index is 12.8. The summed E-state index contributed by atoms with van der Waals surface area (Å²) in [5.74, 6) is 1.60. The molecule has 0 bridgehead atoms. The van der Waals surface area contributed by atoms with Gasteiger partial charge in [-0.05, 0) is 64.3 Å². The third-order valence-electron chi connectivity index (χ3n) is 6.59. The number of aryl methyl sites for hydroxylation is 1. The zero-order valence-corrected chi connectivity index (χ0v) is 20.9. The Morgan fingerprint density at radius 2 is 2.00 bits per heavy atom. The second-order valence-corrected chi connectivity index (χ2v) is 10.5. The number of aromatic nitrogens is 2. The van der Waals surface area contributed by atoms with Gasteiger partial charge in [0.2, 0.25) is 5.91 Å². The zero-order valence-electron chi connectivity index (χ0n) is 20.9. The largest absolute Gasteiger partial charge is 0.444 e. The van der Waals surface area contributed by atoms with E-state index in [1.165, 1.54) is 0 Å². The van der Waals surface area contributed by atoms with Crippen LogP contribution in [0.15, 0.2) is 18.2 Å². The van der Waals surface area contributed by atoms with Crippen LogP contribution >= 0.6 is 0 Å². The van der Waals surface area contributed by atoms with Gasteiger partial charge < -0.3 is 24.6 Å². The number of nitrogens with one attached hydrogen (secondary N) is 1. The first-order valence-electron chi connectivity index (χ1n) is 12.3. The number of hydrogen-bond donors (Lipinski definition) is 1. The van der Waals surface area contributed by atoms with Crippen molar-refractivity contribution in [1.29, 1.82) is 0 Å². The summed E-state index contributed by atoms with van der Waals surface area (Å²) >= 11 is 0. The van der Waals surface area contributed by atoms with Crippen LogP contribution in [0.1, 0.15) is 50.9 Å². The van der Waals surface area contributed by atoms with Crippen molar-refractivity contribution in [2.75, 3.05) is 36.5 Å². The van der Waals surface area contributed by atoms with Crippen LogP contribution in [0.2, 0.25) is 0 Å². The number of fused-ring (bicyclic) bond motifs is 2. The SMILES string of the molecule is C[C@H]1COCCN1c1nc(-c2ccc3c(c2)CCC(=O)N3)nc2c1CCN(C(=O)OC(C)(C)C)C2. The van der Waals surface area contributed by atoms with E-state index in [0.29, 0.717) is 51.4 Å². The highest BCUT2D eigenvalue weighted by molar-refractivity contribution is 5.94. The summed E-state index contributed by atoms with van der Waals surface area (Å²) < 4.78 is 11.3. The minimum Gasteiger partial charge on any atom is -0.444 e. The number of morpholine rings is 1. The van der Waals surface area contributed by atoms with E-state index in [4.69, 9.17) is 19.4 Å². The molecule has 4 heterocycles. The van der Waals surface area contributed by atoms with E-state index in [-0.39, 0.29) is 18.0 Å². The predicted octanol–water partition coefficient (Wildman–Crippen LogP) is 3.55. The van der Waals surface area contributed by atoms with E-state index in [1.54, 1.807) is 4.90 Å². The topological polar surface area (TPSA) is 96.9 Å². The molecule has 5 rings (SSSR count). The Balaban J connectivity index is 1.54. The first-order valence-corrected chi connectivity index (χ1v) is 12.3. The first kappa shape index (κ1) is 23.5. The van der Waals surface area contributed by atoms with Gasteiger partial charge in [-0.15, -0.1) is 0 Å². The number of rotatable bonds is 2. The van der Waals surface area contributed by atoms with Gasteiger partial charge in [-0.2, -0.15) is 0 Å². The molecule has 1 fully saturated rings. The fraction of sp³-hybridized carbons (Fsp3) is 0.538. The number of carbonyl (C=O) groups excluding carboxylic acids is 2. The second kappa shape index (κ2) is 9.11. The summed E-state index contributed by atoms with van der Waals surface area (Å²) in [7, 11) is 0. The molecule has 35 heavy (non-hydrogen) atoms. The number of anilines is 2. The van der Waals surface area contributed by atoms with Gasteiger partial charge >= 0.3 is 6.09 Å². The van der Waals surface area contributed by atoms with Crippen molar-refractivity contribution in [3.63, 3.8) is 0 Å². The highest BCUT2D eigenvalue weighted by atomic mass is 16.6. The third-order valence-corrected chi connectivity index (χ3v) is 6.59. The second-order valence-electron chi connectivity index (χ2n) is 10.5. The van der Waals surface area contributed by atoms with Gasteiger partial charge in [0.05, 0.1) is 31.5 Å². The Hall–Kier alpha value is -3.20. The molecule has 9 heteroatoms. The van der Waals surface area contributed by atoms with E-state index in [9.17, 15) is 9.59 Å². The summed E-state index contributed by atoms with van der Waals surface area (Å²) in [6.07, 6.45) is 1.52. The van der Waals surface area contributed by atoms with Crippen LogP contribution in [0, 0.1) is 0 Å². The van der Waals surface area contributed by atoms with Crippen LogP contribution in [0.4, 0.5) is 16.3 Å². The van der Waals surface area contributed by atoms with Crippen LogP contribution in [0.3, 0.4) is 0 Å². The van der Waals surface area contributed by atoms with Crippen LogP contribution in [-0.2, 0) is 33.7 Å². The van der Waals surface area contributed by atoms with Crippen molar-refractivity contribution < 1.29 is 19.1 Å². The molecule has 1 aromatic carbocycles. The molecule has 186 valence electrons. The van der Waals surface area contributed by atoms with Gasteiger partial charge in [0.15, 0.2) is 5.82 Å². The zero-order chi connectivity index (χ0) is 24.7. The molecule has 0 saturated carbocycles. The molecule has 1 saturated heterocycles. The van der Waals surface area contributed by atoms with Crippen molar-refractivity contribution >= 4 is 23.5 Å². The molecule has 0 unspecified atom stereocenters. The quantitative estimate of drug-likeness (QED) is 0.704. The van der Waals surface area contributed by atoms with Crippen molar-refractivity contribution in [3.05, 3.63) is 35.0 Å². The number of benzene rings is 1. The lowest BCUT2D eigenvalue weighted by atomic mass is 9.99. The molecule has 3 aliphatic rings. The molecule has 0 radical (unpaired) electrons. The van der Waals surface area contributed by atoms with Gasteiger partial charge in [0, 0.05) is 36.3 Å². The highest BCUT2D eigenvalue weighted by Gasteiger charge is 2.32. The third kappa shape index (κ3) is 4.96. The standard InChI is InChI=1S/C26H33N5O4/c1-16-15-34-12-11-31(16)24-19-9-10-30(25(33)35-26(2,3)4)14-21(19)28-23(29-24)18-5-7-20-17(13-18)6-8-22(32)27-20/h5,7,13,16H,6,8-12,14-15H2,1-4H3,(H,27,32)/t16-/m0/s1. The van der Waals surface area contributed by atoms with Crippen molar-refractivity contribution in [1.82, 2.24) is 14.9 Å². The number of amides is 2. The summed E-state index contributed by atoms with van der Waals surface area (Å²) in [6.45, 7) is 10.8. The van der Waals surface area contributed by atoms with E-state index in [2.05, 4.69) is 23.2 Å². The molecule has 1 aromatic heterocycles. The van der Waals surface area contributed by atoms with Gasteiger partial charge in [0.1, 0.15) is 11.4 Å². The Kier molecular flexibility index (Phi) is 6.13. The van der Waals surface area contributed by atoms with Crippen molar-refractivity contribution in [2.45, 2.75) is 65.1 Å². The van der Waals surface area contributed by atoms with Crippen molar-refractivity contribution in [2.24, 2.45) is 0 Å². The minimum absolute atomic E-state index is 0.0427. The molecule has 0 aliphatic carbocycles. The average Bonchev–Trinajstić information content (AvgIpc) is 2.82. The maximum absolute atomic E-state index is 12.8. The monoisotopic (exact) mass is 479 g/mol. The summed E-state index contributed by atoms with van der Waals surface area (Å²) in [6, 6.07) is 6.14. The lowest BCUT2D eigenvalue weighted by molar-refractivity contribution is -0.116. The molecule has 9 nitrogen and oxygen atoms in total. The molecular weight excluding hydrogens is 446 g/mol. The lowest BCUT2D eigenvalue weighted by Crippen LogP contribution is -2.46. The Labute approximate surface area is 205 Å². The molecule has 3 aliphatic heterocycles. The summed E-state index contributed by atoms with van der Waals surface area (Å²) in [5, 5.41) is 2.93. The Morgan fingerprint density at radius 3 is 2.77 bits per heavy atom. The number of hydrogen-bond acceptors (Lipinski definition) is 7. The van der Waals surface area contributed by atoms with E-state index < -0.39 is 5.60 Å². The van der Waals surface area contributed by atoms with Gasteiger partial charge in [-0.25, -0.2) is 14.8 Å². The van der Waals surface area contributed by atoms with Gasteiger partial charge in [-0.3, -0.25) is 4.79 Å². The van der Waals surface area contributed by atoms with Crippen LogP contribution in [0.25, 0.3) is 11.4 Å². The molecule has 1 N–H and O–H groups in total. The molecular formula is C26H33N5O4. The summed E-state index contributed by atoms with van der Waals surface area (Å²) in [5.41, 5.74) is 4.22. The number of carbonyl (C=O) groups is 2. The lowest BCUT2D eigenvalue weighted by Gasteiger charge is -2.38. The van der Waals surface area contributed by atoms with Crippen LogP contribution in [0.5, 0.6) is 0 Å². The first-order chi connectivity index (χ1) is 16.7. The Morgan fingerprint density at radius 1 is 1.17 bits per heavy atom. The predicted molar refractivity (Wildman–Crippen MR) is 132 cm³/mol. The minimum atomic E-state index is -0.554. The van der Waals surface area contributed by atoms with E-state index >= 15 is 0 Å².